The van der Waals surface area contributed by atoms with Gasteiger partial charge < -0.3 is 10.2 Å². The molecule has 0 aliphatic carbocycles. The van der Waals surface area contributed by atoms with Crippen LogP contribution >= 0.6 is 0 Å². The number of benzene rings is 1. The summed E-state index contributed by atoms with van der Waals surface area (Å²) < 4.78 is 1.78. The smallest absolute Gasteiger partial charge is 0.246 e. The lowest BCUT2D eigenvalue weighted by atomic mass is 10.1. The largest absolute Gasteiger partial charge is 0.333 e. The third-order valence-corrected chi connectivity index (χ3v) is 4.59. The lowest BCUT2D eigenvalue weighted by Crippen LogP contribution is -2.34. The number of rotatable bonds is 5. The molecule has 6 nitrogen and oxygen atoms in total. The van der Waals surface area contributed by atoms with Crippen LogP contribution in [0.4, 0.5) is 5.69 Å². The normalized spacial score (nSPS) is 11.0. The van der Waals surface area contributed by atoms with E-state index in [2.05, 4.69) is 10.4 Å². The number of amides is 2. The van der Waals surface area contributed by atoms with Gasteiger partial charge in [-0.2, -0.15) is 5.10 Å². The molecule has 2 rings (SSSR count). The Morgan fingerprint density at radius 2 is 1.92 bits per heavy atom. The Bertz CT molecular complexity index is 865. The van der Waals surface area contributed by atoms with E-state index in [-0.39, 0.29) is 18.4 Å². The van der Waals surface area contributed by atoms with Gasteiger partial charge in [0, 0.05) is 37.1 Å². The van der Waals surface area contributed by atoms with Crippen LogP contribution in [-0.2, 0) is 16.6 Å². The second-order valence-corrected chi connectivity index (χ2v) is 6.53. The van der Waals surface area contributed by atoms with Gasteiger partial charge in [-0.05, 0) is 51.0 Å². The fourth-order valence-electron chi connectivity index (χ4n) is 2.68. The molecule has 0 radical (unpaired) electrons. The maximum Gasteiger partial charge on any atom is 0.246 e. The average Bonchev–Trinajstić information content (AvgIpc) is 2.82. The number of likely N-dealkylation sites (N-methyl/N-ethyl adjacent to an activating group) is 1. The molecule has 0 saturated carbocycles. The number of carbonyl (C=O) groups is 2. The highest BCUT2D eigenvalue weighted by Gasteiger charge is 2.13. The van der Waals surface area contributed by atoms with Crippen LogP contribution in [0.2, 0.25) is 0 Å². The molecule has 0 atom stereocenters. The number of aryl methyl sites for hydroxylation is 3. The molecule has 0 saturated heterocycles. The lowest BCUT2D eigenvalue weighted by Gasteiger charge is -2.16. The highest BCUT2D eigenvalue weighted by molar-refractivity contribution is 5.98. The van der Waals surface area contributed by atoms with E-state index in [9.17, 15) is 9.59 Å². The summed E-state index contributed by atoms with van der Waals surface area (Å²) in [5.74, 6) is -0.458. The quantitative estimate of drug-likeness (QED) is 0.840. The Kier molecular flexibility index (Phi) is 5.97. The molecule has 2 amide bonds. The van der Waals surface area contributed by atoms with Gasteiger partial charge in [-0.3, -0.25) is 14.3 Å². The summed E-state index contributed by atoms with van der Waals surface area (Å²) in [5, 5.41) is 7.18. The molecule has 0 aliphatic heterocycles. The second kappa shape index (κ2) is 7.99. The summed E-state index contributed by atoms with van der Waals surface area (Å²) in [5.41, 5.74) is 5.68. The number of hydrogen-bond donors (Lipinski definition) is 1. The first-order valence-corrected chi connectivity index (χ1v) is 8.50. The Balaban J connectivity index is 1.99. The van der Waals surface area contributed by atoms with Gasteiger partial charge in [0.15, 0.2) is 0 Å². The number of hydrogen-bond acceptors (Lipinski definition) is 3. The van der Waals surface area contributed by atoms with Crippen LogP contribution in [0.3, 0.4) is 0 Å². The number of aromatic nitrogens is 2. The van der Waals surface area contributed by atoms with E-state index in [1.807, 2.05) is 52.9 Å². The Hall–Kier alpha value is -2.89. The van der Waals surface area contributed by atoms with E-state index in [0.717, 1.165) is 33.8 Å². The zero-order valence-electron chi connectivity index (χ0n) is 16.3. The van der Waals surface area contributed by atoms with E-state index in [1.165, 1.54) is 11.0 Å². The van der Waals surface area contributed by atoms with Crippen molar-refractivity contribution in [2.75, 3.05) is 18.9 Å². The average molecular weight is 354 g/mol. The molecule has 0 spiro atoms. The molecule has 0 aliphatic rings. The maximum atomic E-state index is 12.3. The molecular formula is C20H26N4O2. The summed E-state index contributed by atoms with van der Waals surface area (Å²) in [6.45, 7) is 7.79. The minimum absolute atomic E-state index is 0.0123. The number of carbonyl (C=O) groups excluding carboxylic acids is 2. The summed E-state index contributed by atoms with van der Waals surface area (Å²) in [6, 6.07) is 5.75. The zero-order valence-corrected chi connectivity index (χ0v) is 16.3. The van der Waals surface area contributed by atoms with Gasteiger partial charge in [-0.1, -0.05) is 12.1 Å². The second-order valence-electron chi connectivity index (χ2n) is 6.53. The van der Waals surface area contributed by atoms with Crippen LogP contribution in [0.5, 0.6) is 0 Å². The van der Waals surface area contributed by atoms with E-state index in [4.69, 9.17) is 0 Å². The van der Waals surface area contributed by atoms with Crippen molar-refractivity contribution in [3.63, 3.8) is 0 Å². The Morgan fingerprint density at radius 1 is 1.23 bits per heavy atom. The van der Waals surface area contributed by atoms with Gasteiger partial charge in [0.05, 0.1) is 12.2 Å². The number of nitrogens with zero attached hydrogens (tertiary/aromatic N) is 3. The monoisotopic (exact) mass is 354 g/mol. The van der Waals surface area contributed by atoms with Crippen molar-refractivity contribution in [2.45, 2.75) is 27.7 Å². The first-order valence-electron chi connectivity index (χ1n) is 8.50. The standard InChI is InChI=1S/C20H26N4O2/c1-13-8-7-9-18(14(13)2)21-19(25)12-23(5)20(26)11-10-17-15(3)22-24(6)16(17)4/h7-11H,12H2,1-6H3,(H,21,25)/b11-10+. The van der Waals surface area contributed by atoms with Crippen LogP contribution in [-0.4, -0.2) is 40.1 Å². The molecule has 1 aromatic heterocycles. The van der Waals surface area contributed by atoms with Gasteiger partial charge in [-0.25, -0.2) is 0 Å². The molecule has 1 aromatic carbocycles. The molecule has 0 fully saturated rings. The van der Waals surface area contributed by atoms with Crippen LogP contribution in [0.15, 0.2) is 24.3 Å². The molecule has 0 unspecified atom stereocenters. The molecule has 2 aromatic rings. The van der Waals surface area contributed by atoms with E-state index in [0.29, 0.717) is 0 Å². The Morgan fingerprint density at radius 3 is 2.54 bits per heavy atom. The summed E-state index contributed by atoms with van der Waals surface area (Å²) in [6.07, 6.45) is 3.22. The van der Waals surface area contributed by atoms with Crippen molar-refractivity contribution in [1.82, 2.24) is 14.7 Å². The first kappa shape index (κ1) is 19.4. The highest BCUT2D eigenvalue weighted by atomic mass is 16.2. The van der Waals surface area contributed by atoms with Crippen molar-refractivity contribution < 1.29 is 9.59 Å². The van der Waals surface area contributed by atoms with Gasteiger partial charge >= 0.3 is 0 Å². The molecule has 1 N–H and O–H groups in total. The lowest BCUT2D eigenvalue weighted by molar-refractivity contribution is -0.129. The summed E-state index contributed by atoms with van der Waals surface area (Å²) in [4.78, 5) is 25.9. The minimum atomic E-state index is -0.233. The van der Waals surface area contributed by atoms with E-state index in [1.54, 1.807) is 17.8 Å². The highest BCUT2D eigenvalue weighted by Crippen LogP contribution is 2.18. The Labute approximate surface area is 154 Å². The van der Waals surface area contributed by atoms with Crippen molar-refractivity contribution in [3.8, 4) is 0 Å². The molecular weight excluding hydrogens is 328 g/mol. The van der Waals surface area contributed by atoms with Crippen molar-refractivity contribution >= 4 is 23.6 Å². The molecule has 6 heteroatoms. The fraction of sp³-hybridized carbons (Fsp3) is 0.350. The van der Waals surface area contributed by atoms with Crippen LogP contribution in [0.1, 0.15) is 28.1 Å². The van der Waals surface area contributed by atoms with Gasteiger partial charge in [-0.15, -0.1) is 0 Å². The van der Waals surface area contributed by atoms with Crippen LogP contribution < -0.4 is 5.32 Å². The van der Waals surface area contributed by atoms with Crippen LogP contribution in [0, 0.1) is 27.7 Å². The summed E-state index contributed by atoms with van der Waals surface area (Å²) in [7, 11) is 3.48. The number of anilines is 1. The molecule has 0 bridgehead atoms. The maximum absolute atomic E-state index is 12.3. The van der Waals surface area contributed by atoms with Crippen molar-refractivity contribution in [2.24, 2.45) is 7.05 Å². The van der Waals surface area contributed by atoms with Gasteiger partial charge in [0.1, 0.15) is 0 Å². The summed E-state index contributed by atoms with van der Waals surface area (Å²) >= 11 is 0. The predicted octanol–water partition coefficient (Wildman–Crippen LogP) is 2.76. The van der Waals surface area contributed by atoms with Gasteiger partial charge in [0.2, 0.25) is 11.8 Å². The predicted molar refractivity (Wildman–Crippen MR) is 104 cm³/mol. The molecule has 1 heterocycles. The van der Waals surface area contributed by atoms with Gasteiger partial charge in [0.25, 0.3) is 0 Å². The molecule has 26 heavy (non-hydrogen) atoms. The van der Waals surface area contributed by atoms with E-state index >= 15 is 0 Å². The number of nitrogens with one attached hydrogen (secondary N) is 1. The SMILES string of the molecule is Cc1cccc(NC(=O)CN(C)C(=O)/C=C/c2c(C)nn(C)c2C)c1C. The zero-order chi connectivity index (χ0) is 19.4. The molecule has 138 valence electrons. The van der Waals surface area contributed by atoms with Crippen molar-refractivity contribution in [3.05, 3.63) is 52.4 Å². The minimum Gasteiger partial charge on any atom is -0.333 e. The van der Waals surface area contributed by atoms with E-state index < -0.39 is 0 Å². The third-order valence-electron chi connectivity index (χ3n) is 4.59. The van der Waals surface area contributed by atoms with Crippen LogP contribution in [0.25, 0.3) is 6.08 Å². The third kappa shape index (κ3) is 4.39. The van der Waals surface area contributed by atoms with Crippen molar-refractivity contribution in [1.29, 1.82) is 0 Å². The fourth-order valence-corrected chi connectivity index (χ4v) is 2.68. The topological polar surface area (TPSA) is 67.2 Å². The first-order chi connectivity index (χ1) is 12.2.